The van der Waals surface area contributed by atoms with Crippen molar-refractivity contribution < 1.29 is 19.1 Å². The molecule has 0 aliphatic heterocycles. The minimum atomic E-state index is -0.394. The highest BCUT2D eigenvalue weighted by atomic mass is 35.5. The molecule has 0 aliphatic carbocycles. The van der Waals surface area contributed by atoms with Gasteiger partial charge in [0.2, 0.25) is 0 Å². The van der Waals surface area contributed by atoms with Gasteiger partial charge in [0.15, 0.2) is 5.13 Å². The Hall–Kier alpha value is -3.10. The van der Waals surface area contributed by atoms with Crippen molar-refractivity contribution in [1.82, 2.24) is 4.98 Å². The van der Waals surface area contributed by atoms with E-state index in [1.165, 1.54) is 14.2 Å². The second-order valence-electron chi connectivity index (χ2n) is 5.96. The maximum atomic E-state index is 12.5. The number of carbonyl (C=O) groups is 2. The molecule has 0 aliphatic rings. The predicted molar refractivity (Wildman–Crippen MR) is 114 cm³/mol. The summed E-state index contributed by atoms with van der Waals surface area (Å²) < 4.78 is 10.3. The van der Waals surface area contributed by atoms with Gasteiger partial charge in [0.1, 0.15) is 17.2 Å². The van der Waals surface area contributed by atoms with Gasteiger partial charge in [-0.25, -0.2) is 4.98 Å². The molecular weight excluding hydrogens is 414 g/mol. The lowest BCUT2D eigenvalue weighted by Gasteiger charge is -2.08. The average Bonchev–Trinajstić information content (AvgIpc) is 3.19. The van der Waals surface area contributed by atoms with Crippen LogP contribution in [0.5, 0.6) is 11.5 Å². The van der Waals surface area contributed by atoms with E-state index in [4.69, 9.17) is 21.1 Å². The van der Waals surface area contributed by atoms with Crippen LogP contribution in [-0.4, -0.2) is 31.0 Å². The van der Waals surface area contributed by atoms with Crippen LogP contribution in [0.4, 0.5) is 10.8 Å². The van der Waals surface area contributed by atoms with Crippen molar-refractivity contribution in [2.45, 2.75) is 6.92 Å². The van der Waals surface area contributed by atoms with Crippen molar-refractivity contribution in [2.24, 2.45) is 0 Å². The van der Waals surface area contributed by atoms with Gasteiger partial charge >= 0.3 is 0 Å². The first kappa shape index (κ1) is 20.6. The second-order valence-corrected chi connectivity index (χ2v) is 7.23. The summed E-state index contributed by atoms with van der Waals surface area (Å²) >= 11 is 7.22. The Morgan fingerprint density at radius 1 is 1.03 bits per heavy atom. The van der Waals surface area contributed by atoms with Crippen molar-refractivity contribution in [1.29, 1.82) is 0 Å². The van der Waals surface area contributed by atoms with Gasteiger partial charge in [-0.05, 0) is 36.8 Å². The number of aromatic nitrogens is 1. The molecule has 3 aromatic rings. The Kier molecular flexibility index (Phi) is 6.36. The molecule has 0 spiro atoms. The molecule has 0 saturated heterocycles. The summed E-state index contributed by atoms with van der Waals surface area (Å²) in [6.45, 7) is 1.81. The van der Waals surface area contributed by atoms with Crippen LogP contribution < -0.4 is 20.1 Å². The number of hydrogen-bond donors (Lipinski definition) is 2. The van der Waals surface area contributed by atoms with Crippen molar-refractivity contribution in [3.05, 3.63) is 63.6 Å². The number of halogens is 1. The topological polar surface area (TPSA) is 89.6 Å². The van der Waals surface area contributed by atoms with E-state index in [-0.39, 0.29) is 5.69 Å². The van der Waals surface area contributed by atoms with Crippen molar-refractivity contribution in [3.8, 4) is 11.5 Å². The van der Waals surface area contributed by atoms with E-state index in [1.54, 1.807) is 41.8 Å². The third-order valence-electron chi connectivity index (χ3n) is 4.09. The Balaban J connectivity index is 1.72. The molecule has 2 aromatic carbocycles. The van der Waals surface area contributed by atoms with Crippen molar-refractivity contribution in [2.75, 3.05) is 24.9 Å². The van der Waals surface area contributed by atoms with Gasteiger partial charge in [0.25, 0.3) is 11.8 Å². The summed E-state index contributed by atoms with van der Waals surface area (Å²) in [6.07, 6.45) is 0. The van der Waals surface area contributed by atoms with Gasteiger partial charge in [-0.1, -0.05) is 17.7 Å². The minimum Gasteiger partial charge on any atom is -0.497 e. The van der Waals surface area contributed by atoms with Gasteiger partial charge in [0, 0.05) is 27.7 Å². The molecule has 1 aromatic heterocycles. The molecule has 0 atom stereocenters. The maximum Gasteiger partial charge on any atom is 0.275 e. The molecule has 1 heterocycles. The number of ether oxygens (including phenoxy) is 2. The highest BCUT2D eigenvalue weighted by Crippen LogP contribution is 2.25. The molecule has 29 heavy (non-hydrogen) atoms. The Morgan fingerprint density at radius 2 is 1.72 bits per heavy atom. The Labute approximate surface area is 176 Å². The lowest BCUT2D eigenvalue weighted by molar-refractivity contribution is 0.101. The molecule has 0 saturated carbocycles. The van der Waals surface area contributed by atoms with E-state index in [0.29, 0.717) is 32.9 Å². The fourth-order valence-electron chi connectivity index (χ4n) is 2.47. The molecule has 2 amide bonds. The summed E-state index contributed by atoms with van der Waals surface area (Å²) in [5, 5.41) is 7.87. The number of amides is 2. The Bertz CT molecular complexity index is 1050. The molecule has 2 N–H and O–H groups in total. The van der Waals surface area contributed by atoms with Crippen molar-refractivity contribution in [3.63, 3.8) is 0 Å². The van der Waals surface area contributed by atoms with Gasteiger partial charge < -0.3 is 14.8 Å². The van der Waals surface area contributed by atoms with E-state index < -0.39 is 11.8 Å². The fourth-order valence-corrected chi connectivity index (χ4v) is 3.33. The molecule has 0 radical (unpaired) electrons. The number of nitrogens with zero attached hydrogens (tertiary/aromatic N) is 1. The van der Waals surface area contributed by atoms with Crippen LogP contribution in [0.1, 0.15) is 26.4 Å². The first-order valence-electron chi connectivity index (χ1n) is 8.47. The highest BCUT2D eigenvalue weighted by molar-refractivity contribution is 7.14. The molecule has 0 unspecified atom stereocenters. The summed E-state index contributed by atoms with van der Waals surface area (Å²) in [7, 11) is 3.01. The predicted octanol–water partition coefficient (Wildman–Crippen LogP) is 4.63. The average molecular weight is 432 g/mol. The van der Waals surface area contributed by atoms with Gasteiger partial charge in [-0.15, -0.1) is 11.3 Å². The molecule has 0 fully saturated rings. The fraction of sp³-hybridized carbons (Fsp3) is 0.150. The summed E-state index contributed by atoms with van der Waals surface area (Å²) in [4.78, 5) is 29.2. The molecular formula is C20H18ClN3O4S. The third kappa shape index (κ3) is 4.85. The Morgan fingerprint density at radius 3 is 2.38 bits per heavy atom. The molecule has 150 valence electrons. The quantitative estimate of drug-likeness (QED) is 0.594. The zero-order valence-corrected chi connectivity index (χ0v) is 17.5. The zero-order valence-electron chi connectivity index (χ0n) is 15.9. The molecule has 7 nitrogen and oxygen atoms in total. The third-order valence-corrected chi connectivity index (χ3v) is 5.25. The first-order valence-corrected chi connectivity index (χ1v) is 9.73. The normalized spacial score (nSPS) is 10.3. The van der Waals surface area contributed by atoms with E-state index in [2.05, 4.69) is 15.6 Å². The number of nitrogens with one attached hydrogen (secondary N) is 2. The van der Waals surface area contributed by atoms with E-state index in [0.717, 1.165) is 16.9 Å². The van der Waals surface area contributed by atoms with Crippen LogP contribution in [0, 0.1) is 6.92 Å². The molecule has 9 heteroatoms. The summed E-state index contributed by atoms with van der Waals surface area (Å²) in [5.74, 6) is 0.195. The van der Waals surface area contributed by atoms with Gasteiger partial charge in [0.05, 0.1) is 14.2 Å². The largest absolute Gasteiger partial charge is 0.497 e. The number of thiazole rings is 1. The number of hydrogen-bond acceptors (Lipinski definition) is 6. The van der Waals surface area contributed by atoms with Crippen LogP contribution in [0.15, 0.2) is 41.8 Å². The highest BCUT2D eigenvalue weighted by Gasteiger charge is 2.16. The smallest absolute Gasteiger partial charge is 0.275 e. The maximum absolute atomic E-state index is 12.5. The lowest BCUT2D eigenvalue weighted by Crippen LogP contribution is -2.15. The summed E-state index contributed by atoms with van der Waals surface area (Å²) in [5.41, 5.74) is 1.90. The van der Waals surface area contributed by atoms with E-state index >= 15 is 0 Å². The zero-order chi connectivity index (χ0) is 21.0. The number of carbonyl (C=O) groups excluding carboxylic acids is 2. The molecule has 3 rings (SSSR count). The van der Waals surface area contributed by atoms with Crippen LogP contribution >= 0.6 is 22.9 Å². The second kappa shape index (κ2) is 8.93. The van der Waals surface area contributed by atoms with Crippen LogP contribution in [0.2, 0.25) is 5.02 Å². The van der Waals surface area contributed by atoms with Crippen LogP contribution in [-0.2, 0) is 0 Å². The SMILES string of the molecule is COc1cc(OC)cc(C(=O)Nc2nc(C(=O)Nc3cccc(Cl)c3C)cs2)c1. The number of anilines is 2. The van der Waals surface area contributed by atoms with E-state index in [1.807, 2.05) is 6.92 Å². The van der Waals surface area contributed by atoms with Crippen molar-refractivity contribution >= 4 is 45.6 Å². The number of rotatable bonds is 6. The monoisotopic (exact) mass is 431 g/mol. The number of benzene rings is 2. The standard InChI is InChI=1S/C20H18ClN3O4S/c1-11-15(21)5-4-6-16(11)22-19(26)17-10-29-20(23-17)24-18(25)12-7-13(27-2)9-14(8-12)28-3/h4-10H,1-3H3,(H,22,26)(H,23,24,25). The van der Waals surface area contributed by atoms with E-state index in [9.17, 15) is 9.59 Å². The van der Waals surface area contributed by atoms with Crippen LogP contribution in [0.25, 0.3) is 0 Å². The summed E-state index contributed by atoms with van der Waals surface area (Å²) in [6, 6.07) is 10.1. The minimum absolute atomic E-state index is 0.188. The van der Waals surface area contributed by atoms with Crippen LogP contribution in [0.3, 0.4) is 0 Å². The lowest BCUT2D eigenvalue weighted by atomic mass is 10.2. The number of methoxy groups -OCH3 is 2. The first-order chi connectivity index (χ1) is 13.9. The van der Waals surface area contributed by atoms with Gasteiger partial charge in [-0.2, -0.15) is 0 Å². The van der Waals surface area contributed by atoms with Gasteiger partial charge in [-0.3, -0.25) is 14.9 Å². The molecule has 0 bridgehead atoms.